The Kier molecular flexibility index (Phi) is 55.0. The molecule has 0 rings (SSSR count). The van der Waals surface area contributed by atoms with Crippen LogP contribution in [0.25, 0.3) is 0 Å². The molecule has 2 atom stereocenters. The standard InChI is InChI=1S/C61H115NO5/c1-3-5-7-9-11-13-15-17-18-19-24-27-31-35-39-43-47-51-55-61(66)67-56-52-48-44-40-36-32-28-25-22-20-21-23-26-30-34-38-42-46-50-54-60(65)62-58(57-63)59(64)53-49-45-41-37-33-29-16-14-12-10-8-6-4-2/h25,28,32,36,49,53,58-59,63-64H,3-24,26-27,29-31,33-35,37-48,50-52,54-57H2,1-2H3,(H,62,65)/b28-25-,36-32-,53-49+. The van der Waals surface area contributed by atoms with Crippen LogP contribution in [0, 0.1) is 0 Å². The molecule has 0 spiro atoms. The number of hydrogen-bond donors (Lipinski definition) is 3. The lowest BCUT2D eigenvalue weighted by Crippen LogP contribution is -2.45. The molecule has 0 aromatic carbocycles. The smallest absolute Gasteiger partial charge is 0.305 e. The highest BCUT2D eigenvalue weighted by atomic mass is 16.5. The molecular weight excluding hydrogens is 827 g/mol. The molecule has 0 aliphatic heterocycles. The zero-order chi connectivity index (χ0) is 48.6. The number of allylic oxidation sites excluding steroid dienone is 5. The van der Waals surface area contributed by atoms with Gasteiger partial charge in [-0.05, 0) is 64.2 Å². The Morgan fingerprint density at radius 3 is 1.10 bits per heavy atom. The number of aliphatic hydroxyl groups excluding tert-OH is 2. The second-order valence-corrected chi connectivity index (χ2v) is 20.4. The first-order chi connectivity index (χ1) is 33.0. The fourth-order valence-electron chi connectivity index (χ4n) is 9.10. The van der Waals surface area contributed by atoms with Crippen LogP contribution in [0.4, 0.5) is 0 Å². The first kappa shape index (κ1) is 65.1. The van der Waals surface area contributed by atoms with Crippen LogP contribution < -0.4 is 5.32 Å². The van der Waals surface area contributed by atoms with Gasteiger partial charge in [-0.25, -0.2) is 0 Å². The van der Waals surface area contributed by atoms with Crippen LogP contribution in [-0.4, -0.2) is 47.4 Å². The third kappa shape index (κ3) is 53.3. The highest BCUT2D eigenvalue weighted by Crippen LogP contribution is 2.17. The van der Waals surface area contributed by atoms with E-state index in [-0.39, 0.29) is 18.5 Å². The number of nitrogens with one attached hydrogen (secondary N) is 1. The number of ether oxygens (including phenoxy) is 1. The van der Waals surface area contributed by atoms with E-state index >= 15 is 0 Å². The summed E-state index contributed by atoms with van der Waals surface area (Å²) in [7, 11) is 0. The van der Waals surface area contributed by atoms with Crippen LogP contribution >= 0.6 is 0 Å². The molecule has 0 aliphatic rings. The summed E-state index contributed by atoms with van der Waals surface area (Å²) >= 11 is 0. The van der Waals surface area contributed by atoms with Crippen molar-refractivity contribution in [2.24, 2.45) is 0 Å². The zero-order valence-corrected chi connectivity index (χ0v) is 44.9. The SMILES string of the molecule is CCCCCCCCCCCCC/C=C/C(O)C(CO)NC(=O)CCCCCCCCCCCC/C=C\C=C/CCCCCOC(=O)CCCCCCCCCCCCCCCCCCCC. The Hall–Kier alpha value is -1.92. The first-order valence-electron chi connectivity index (χ1n) is 29.8. The Bertz CT molecular complexity index is 1090. The molecule has 0 aliphatic carbocycles. The minimum atomic E-state index is -0.850. The summed E-state index contributed by atoms with van der Waals surface area (Å²) in [5.74, 6) is -0.0878. The van der Waals surface area contributed by atoms with Crippen LogP contribution in [0.15, 0.2) is 36.5 Å². The molecule has 394 valence electrons. The molecule has 0 bridgehead atoms. The van der Waals surface area contributed by atoms with E-state index < -0.39 is 12.1 Å². The average Bonchev–Trinajstić information content (AvgIpc) is 3.33. The number of carbonyl (C=O) groups excluding carboxylic acids is 2. The molecule has 0 radical (unpaired) electrons. The quantitative estimate of drug-likeness (QED) is 0.0244. The number of amides is 1. The molecule has 0 saturated carbocycles. The van der Waals surface area contributed by atoms with Crippen molar-refractivity contribution in [3.63, 3.8) is 0 Å². The third-order valence-corrected chi connectivity index (χ3v) is 13.7. The van der Waals surface area contributed by atoms with E-state index in [1.807, 2.05) is 6.08 Å². The lowest BCUT2D eigenvalue weighted by molar-refractivity contribution is -0.143. The van der Waals surface area contributed by atoms with Crippen molar-refractivity contribution in [1.82, 2.24) is 5.32 Å². The Balaban J connectivity index is 3.47. The summed E-state index contributed by atoms with van der Waals surface area (Å²) in [6, 6.07) is -0.635. The lowest BCUT2D eigenvalue weighted by Gasteiger charge is -2.20. The number of carbonyl (C=O) groups is 2. The Labute approximate surface area is 417 Å². The molecule has 6 heteroatoms. The average molecular weight is 943 g/mol. The Morgan fingerprint density at radius 1 is 0.418 bits per heavy atom. The second-order valence-electron chi connectivity index (χ2n) is 20.4. The van der Waals surface area contributed by atoms with Gasteiger partial charge in [-0.15, -0.1) is 0 Å². The van der Waals surface area contributed by atoms with Gasteiger partial charge in [-0.2, -0.15) is 0 Å². The Morgan fingerprint density at radius 2 is 0.731 bits per heavy atom. The number of unbranched alkanes of at least 4 members (excludes halogenated alkanes) is 41. The summed E-state index contributed by atoms with van der Waals surface area (Å²) in [5, 5.41) is 23.1. The van der Waals surface area contributed by atoms with Crippen LogP contribution in [-0.2, 0) is 14.3 Å². The number of esters is 1. The first-order valence-corrected chi connectivity index (χ1v) is 29.8. The largest absolute Gasteiger partial charge is 0.466 e. The minimum Gasteiger partial charge on any atom is -0.466 e. The van der Waals surface area contributed by atoms with E-state index in [0.29, 0.717) is 19.4 Å². The van der Waals surface area contributed by atoms with Gasteiger partial charge in [-0.1, -0.05) is 275 Å². The van der Waals surface area contributed by atoms with Crippen LogP contribution in [0.2, 0.25) is 0 Å². The molecule has 0 aromatic heterocycles. The van der Waals surface area contributed by atoms with E-state index in [4.69, 9.17) is 4.74 Å². The van der Waals surface area contributed by atoms with Crippen LogP contribution in [0.1, 0.15) is 316 Å². The summed E-state index contributed by atoms with van der Waals surface area (Å²) in [4.78, 5) is 24.5. The van der Waals surface area contributed by atoms with Gasteiger partial charge in [0, 0.05) is 12.8 Å². The van der Waals surface area contributed by atoms with Crippen molar-refractivity contribution in [3.05, 3.63) is 36.5 Å². The summed E-state index contributed by atoms with van der Waals surface area (Å²) in [5.41, 5.74) is 0. The van der Waals surface area contributed by atoms with Crippen molar-refractivity contribution >= 4 is 11.9 Å². The molecule has 1 amide bonds. The highest BCUT2D eigenvalue weighted by molar-refractivity contribution is 5.76. The molecule has 0 aromatic rings. The second kappa shape index (κ2) is 56.7. The fourth-order valence-corrected chi connectivity index (χ4v) is 9.10. The summed E-state index contributed by atoms with van der Waals surface area (Å²) < 4.78 is 5.47. The number of rotatable bonds is 55. The molecule has 0 saturated heterocycles. The van der Waals surface area contributed by atoms with Crippen LogP contribution in [0.3, 0.4) is 0 Å². The maximum Gasteiger partial charge on any atom is 0.305 e. The fraction of sp³-hybridized carbons (Fsp3) is 0.869. The maximum absolute atomic E-state index is 12.4. The minimum absolute atomic E-state index is 0.00990. The molecule has 6 nitrogen and oxygen atoms in total. The van der Waals surface area contributed by atoms with Crippen molar-refractivity contribution in [2.45, 2.75) is 328 Å². The molecule has 0 heterocycles. The van der Waals surface area contributed by atoms with E-state index in [2.05, 4.69) is 43.5 Å². The maximum atomic E-state index is 12.4. The number of aliphatic hydroxyl groups is 2. The molecule has 0 fully saturated rings. The molecular formula is C61H115NO5. The number of hydrogen-bond acceptors (Lipinski definition) is 5. The van der Waals surface area contributed by atoms with Gasteiger partial charge in [0.2, 0.25) is 5.91 Å². The van der Waals surface area contributed by atoms with E-state index in [1.54, 1.807) is 6.08 Å². The van der Waals surface area contributed by atoms with Gasteiger partial charge in [-0.3, -0.25) is 9.59 Å². The van der Waals surface area contributed by atoms with Gasteiger partial charge in [0.15, 0.2) is 0 Å². The van der Waals surface area contributed by atoms with Crippen molar-refractivity contribution in [2.75, 3.05) is 13.2 Å². The topological polar surface area (TPSA) is 95.9 Å². The molecule has 2 unspecified atom stereocenters. The summed E-state index contributed by atoms with van der Waals surface area (Å²) in [6.45, 7) is 4.87. The molecule has 67 heavy (non-hydrogen) atoms. The highest BCUT2D eigenvalue weighted by Gasteiger charge is 2.18. The monoisotopic (exact) mass is 942 g/mol. The van der Waals surface area contributed by atoms with Gasteiger partial charge in [0.1, 0.15) is 0 Å². The third-order valence-electron chi connectivity index (χ3n) is 13.7. The van der Waals surface area contributed by atoms with Gasteiger partial charge in [0.05, 0.1) is 25.4 Å². The summed E-state index contributed by atoms with van der Waals surface area (Å²) in [6.07, 6.45) is 70.3. The van der Waals surface area contributed by atoms with Crippen molar-refractivity contribution in [3.8, 4) is 0 Å². The van der Waals surface area contributed by atoms with Crippen LogP contribution in [0.5, 0.6) is 0 Å². The van der Waals surface area contributed by atoms with Gasteiger partial charge >= 0.3 is 5.97 Å². The normalized spacial score (nSPS) is 12.8. The predicted octanol–water partition coefficient (Wildman–Crippen LogP) is 18.4. The van der Waals surface area contributed by atoms with E-state index in [1.165, 1.54) is 212 Å². The van der Waals surface area contributed by atoms with Crippen molar-refractivity contribution < 1.29 is 24.5 Å². The predicted molar refractivity (Wildman–Crippen MR) is 292 cm³/mol. The lowest BCUT2D eigenvalue weighted by atomic mass is 10.0. The zero-order valence-electron chi connectivity index (χ0n) is 44.9. The van der Waals surface area contributed by atoms with E-state index in [0.717, 1.165) is 77.0 Å². The van der Waals surface area contributed by atoms with Gasteiger partial charge in [0.25, 0.3) is 0 Å². The van der Waals surface area contributed by atoms with E-state index in [9.17, 15) is 19.8 Å². The van der Waals surface area contributed by atoms with Gasteiger partial charge < -0.3 is 20.3 Å². The van der Waals surface area contributed by atoms with Crippen molar-refractivity contribution in [1.29, 1.82) is 0 Å². The molecule has 3 N–H and O–H groups in total.